The third kappa shape index (κ3) is 5.04. The van der Waals surface area contributed by atoms with Crippen LogP contribution in [-0.2, 0) is 0 Å². The second-order valence-corrected chi connectivity index (χ2v) is 4.75. The Morgan fingerprint density at radius 3 is 1.65 bits per heavy atom. The van der Waals surface area contributed by atoms with Crippen LogP contribution in [0.1, 0.15) is 20.7 Å². The molecule has 3 rings (SSSR count). The Hall–Kier alpha value is -2.91. The summed E-state index contributed by atoms with van der Waals surface area (Å²) in [5.74, 6) is -2.47. The normalized spacial score (nSPS) is 9.38. The van der Waals surface area contributed by atoms with Crippen LogP contribution in [0.3, 0.4) is 0 Å². The monoisotopic (exact) mass is 356 g/mol. The summed E-state index contributed by atoms with van der Waals surface area (Å²) in [6.45, 7) is 0. The summed E-state index contributed by atoms with van der Waals surface area (Å²) < 4.78 is 0. The van der Waals surface area contributed by atoms with Crippen molar-refractivity contribution in [1.82, 2.24) is 0 Å². The van der Waals surface area contributed by atoms with E-state index in [4.69, 9.17) is 25.2 Å². The fourth-order valence-corrected chi connectivity index (χ4v) is 2.42. The van der Waals surface area contributed by atoms with Crippen molar-refractivity contribution in [2.75, 3.05) is 0 Å². The van der Waals surface area contributed by atoms with Gasteiger partial charge in [0.15, 0.2) is 0 Å². The number of benzene rings is 3. The molecule has 0 saturated heterocycles. The predicted octanol–water partition coefficient (Wildman–Crippen LogP) is 0.400. The zero-order chi connectivity index (χ0) is 19.7. The van der Waals surface area contributed by atoms with Crippen LogP contribution >= 0.6 is 0 Å². The van der Waals surface area contributed by atoms with Crippen molar-refractivity contribution in [3.8, 4) is 0 Å². The van der Waals surface area contributed by atoms with Gasteiger partial charge in [-0.2, -0.15) is 0 Å². The molecule has 0 aromatic heterocycles. The molecule has 6 N–H and O–H groups in total. The summed E-state index contributed by atoms with van der Waals surface area (Å²) in [7, 11) is 0. The lowest BCUT2D eigenvalue weighted by Gasteiger charge is -2.08. The molecular weight excluding hydrogens is 342 g/mol. The molecule has 0 fully saturated rings. The summed E-state index contributed by atoms with van der Waals surface area (Å²) in [5.41, 5.74) is -0.360. The Morgan fingerprint density at radius 1 is 0.692 bits per heavy atom. The quantitative estimate of drug-likeness (QED) is 0.285. The van der Waals surface area contributed by atoms with E-state index in [1.165, 1.54) is 6.07 Å². The molecule has 3 aromatic rings. The van der Waals surface area contributed by atoms with Crippen molar-refractivity contribution in [1.29, 1.82) is 0 Å². The first-order valence-corrected chi connectivity index (χ1v) is 7.03. The molecule has 0 aliphatic carbocycles. The first-order chi connectivity index (χ1) is 12.4. The van der Waals surface area contributed by atoms with Crippen molar-refractivity contribution >= 4 is 48.9 Å². The summed E-state index contributed by atoms with van der Waals surface area (Å²) in [5, 5.41) is 49.5. The zero-order valence-electron chi connectivity index (χ0n) is 13.3. The number of hydrogen-bond acceptors (Lipinski definition) is 6. The maximum atomic E-state index is 11.4. The van der Waals surface area contributed by atoms with Crippen molar-refractivity contribution in [3.63, 3.8) is 0 Å². The Morgan fingerprint density at radius 2 is 1.19 bits per heavy atom. The van der Waals surface area contributed by atoms with Crippen LogP contribution in [0.2, 0.25) is 0 Å². The third-order valence-electron chi connectivity index (χ3n) is 3.33. The van der Waals surface area contributed by atoms with Crippen molar-refractivity contribution in [3.05, 3.63) is 59.7 Å². The van der Waals surface area contributed by atoms with Gasteiger partial charge in [-0.05, 0) is 39.7 Å². The lowest BCUT2D eigenvalue weighted by atomic mass is 9.96. The van der Waals surface area contributed by atoms with E-state index >= 15 is 0 Å². The molecule has 0 atom stereocenters. The first kappa shape index (κ1) is 21.1. The number of fused-ring (bicyclic) bond motifs is 2. The van der Waals surface area contributed by atoms with Crippen LogP contribution in [0, 0.1) is 0 Å². The average Bonchev–Trinajstić information content (AvgIpc) is 2.60. The van der Waals surface area contributed by atoms with E-state index < -0.39 is 11.9 Å². The highest BCUT2D eigenvalue weighted by Crippen LogP contribution is 2.28. The van der Waals surface area contributed by atoms with Gasteiger partial charge in [-0.15, -0.1) is 0 Å². The topological polar surface area (TPSA) is 156 Å². The second kappa shape index (κ2) is 10.2. The Kier molecular flexibility index (Phi) is 8.26. The van der Waals surface area contributed by atoms with Gasteiger partial charge >= 0.3 is 27.3 Å². The summed E-state index contributed by atoms with van der Waals surface area (Å²) in [6.07, 6.45) is 0. The number of carbonyl (C=O) groups is 2. The Labute approximate surface area is 149 Å². The minimum Gasteiger partial charge on any atom is -0.478 e. The van der Waals surface area contributed by atoms with Gasteiger partial charge in [0.2, 0.25) is 0 Å². The zero-order valence-corrected chi connectivity index (χ0v) is 13.3. The molecular formula is C16H14B2O8. The van der Waals surface area contributed by atoms with Gasteiger partial charge in [0.1, 0.15) is 0 Å². The second-order valence-electron chi connectivity index (χ2n) is 4.75. The van der Waals surface area contributed by atoms with Gasteiger partial charge < -0.3 is 30.3 Å². The van der Waals surface area contributed by atoms with Crippen molar-refractivity contribution < 1.29 is 39.9 Å². The molecule has 0 unspecified atom stereocenters. The highest BCUT2D eigenvalue weighted by Gasteiger charge is 2.19. The highest BCUT2D eigenvalue weighted by molar-refractivity contribution is 6.14. The van der Waals surface area contributed by atoms with E-state index in [9.17, 15) is 14.7 Å². The molecule has 0 heterocycles. The van der Waals surface area contributed by atoms with Gasteiger partial charge in [-0.1, -0.05) is 30.3 Å². The number of rotatable bonds is 2. The van der Waals surface area contributed by atoms with E-state index in [0.717, 1.165) is 10.8 Å². The minimum atomic E-state index is -1.24. The van der Waals surface area contributed by atoms with Gasteiger partial charge in [-0.3, -0.25) is 0 Å². The maximum Gasteiger partial charge on any atom is 0.482 e. The summed E-state index contributed by atoms with van der Waals surface area (Å²) in [6, 6.07) is 14.1. The predicted molar refractivity (Wildman–Crippen MR) is 95.8 cm³/mol. The van der Waals surface area contributed by atoms with Gasteiger partial charge in [0.25, 0.3) is 0 Å². The number of carboxylic acids is 2. The third-order valence-corrected chi connectivity index (χ3v) is 3.33. The Balaban J connectivity index is 0.000000499. The van der Waals surface area contributed by atoms with E-state index in [0.29, 0.717) is 10.8 Å². The lowest BCUT2D eigenvalue weighted by molar-refractivity contribution is 0.0653. The smallest absolute Gasteiger partial charge is 0.478 e. The molecule has 3 aromatic carbocycles. The first-order valence-electron chi connectivity index (χ1n) is 7.03. The Bertz CT molecular complexity index is 911. The molecule has 26 heavy (non-hydrogen) atoms. The van der Waals surface area contributed by atoms with Crippen LogP contribution in [-0.4, -0.2) is 57.6 Å². The van der Waals surface area contributed by atoms with Crippen LogP contribution in [0.15, 0.2) is 48.5 Å². The molecule has 2 radical (unpaired) electrons. The molecule has 0 aliphatic rings. The number of hydrogen-bond donors (Lipinski definition) is 6. The molecule has 132 valence electrons. The molecule has 0 saturated carbocycles. The van der Waals surface area contributed by atoms with Crippen LogP contribution in [0.5, 0.6) is 0 Å². The fraction of sp³-hybridized carbons (Fsp3) is 0. The van der Waals surface area contributed by atoms with Crippen molar-refractivity contribution in [2.24, 2.45) is 0 Å². The number of aromatic carboxylic acids is 2. The minimum absolute atomic E-state index is 0. The van der Waals surface area contributed by atoms with E-state index in [-0.39, 0.29) is 26.5 Å². The SMILES string of the molecule is O=C(O)c1ccc2cc3ccccc3cc2c1C(=O)O.O[B]O.O[B]O. The van der Waals surface area contributed by atoms with Crippen LogP contribution in [0.4, 0.5) is 0 Å². The van der Waals surface area contributed by atoms with E-state index in [1.807, 2.05) is 30.3 Å². The molecule has 0 aliphatic heterocycles. The van der Waals surface area contributed by atoms with Gasteiger partial charge in [0, 0.05) is 0 Å². The average molecular weight is 356 g/mol. The van der Waals surface area contributed by atoms with Crippen molar-refractivity contribution in [2.45, 2.75) is 0 Å². The van der Waals surface area contributed by atoms with Crippen LogP contribution in [0.25, 0.3) is 21.5 Å². The van der Waals surface area contributed by atoms with E-state index in [2.05, 4.69) is 0 Å². The maximum absolute atomic E-state index is 11.4. The summed E-state index contributed by atoms with van der Waals surface area (Å²) in [4.78, 5) is 22.6. The molecule has 0 amide bonds. The fourth-order valence-electron chi connectivity index (χ4n) is 2.42. The highest BCUT2D eigenvalue weighted by atomic mass is 16.4. The molecule has 0 bridgehead atoms. The summed E-state index contributed by atoms with van der Waals surface area (Å²) >= 11 is 0. The van der Waals surface area contributed by atoms with Crippen LogP contribution < -0.4 is 0 Å². The number of carboxylic acid groups (broad SMARTS) is 2. The van der Waals surface area contributed by atoms with Gasteiger partial charge in [-0.25, -0.2) is 9.59 Å². The largest absolute Gasteiger partial charge is 0.482 e. The molecule has 8 nitrogen and oxygen atoms in total. The molecule has 0 spiro atoms. The van der Waals surface area contributed by atoms with E-state index in [1.54, 1.807) is 12.1 Å². The lowest BCUT2D eigenvalue weighted by Crippen LogP contribution is -2.08. The standard InChI is InChI=1S/C16H10O4.2BH2O2/c17-15(18)12-6-5-11-7-9-3-1-2-4-10(9)8-13(11)14(12)16(19)20;2*2-1-3/h1-8H,(H,17,18)(H,19,20);2*2-3H. The molecule has 10 heteroatoms. The van der Waals surface area contributed by atoms with Gasteiger partial charge in [0.05, 0.1) is 11.1 Å².